The highest BCUT2D eigenvalue weighted by Gasteiger charge is 2.19. The van der Waals surface area contributed by atoms with E-state index in [0.29, 0.717) is 12.4 Å². The predicted octanol–water partition coefficient (Wildman–Crippen LogP) is 0.355. The first-order chi connectivity index (χ1) is 9.24. The Kier molecular flexibility index (Phi) is 4.62. The summed E-state index contributed by atoms with van der Waals surface area (Å²) < 4.78 is 16.8. The number of hydrogen-bond acceptors (Lipinski definition) is 6. The van der Waals surface area contributed by atoms with Gasteiger partial charge in [-0.1, -0.05) is 0 Å². The predicted molar refractivity (Wildman–Crippen MR) is 68.0 cm³/mol. The van der Waals surface area contributed by atoms with Crippen LogP contribution in [-0.4, -0.2) is 67.3 Å². The number of alkyl halides is 1. The van der Waals surface area contributed by atoms with Crippen molar-refractivity contribution >= 4 is 11.8 Å². The van der Waals surface area contributed by atoms with E-state index in [1.807, 2.05) is 0 Å². The number of aromatic nitrogens is 2. The molecule has 0 radical (unpaired) electrons. The number of rotatable bonds is 4. The van der Waals surface area contributed by atoms with Crippen molar-refractivity contribution in [1.82, 2.24) is 14.9 Å². The molecule has 0 N–H and O–H groups in total. The van der Waals surface area contributed by atoms with Gasteiger partial charge in [0, 0.05) is 38.9 Å². The molecule has 1 aromatic heterocycles. The molecule has 0 aliphatic carbocycles. The average molecular weight is 268 g/mol. The van der Waals surface area contributed by atoms with Gasteiger partial charge in [-0.2, -0.15) is 0 Å². The summed E-state index contributed by atoms with van der Waals surface area (Å²) in [5.74, 6) is 0.222. The summed E-state index contributed by atoms with van der Waals surface area (Å²) in [7, 11) is 1.30. The summed E-state index contributed by atoms with van der Waals surface area (Å²) in [5, 5.41) is 0. The summed E-state index contributed by atoms with van der Waals surface area (Å²) >= 11 is 0. The Morgan fingerprint density at radius 1 is 1.42 bits per heavy atom. The first-order valence-electron chi connectivity index (χ1n) is 6.19. The zero-order valence-electron chi connectivity index (χ0n) is 10.9. The summed E-state index contributed by atoms with van der Waals surface area (Å²) in [4.78, 5) is 23.6. The van der Waals surface area contributed by atoms with Gasteiger partial charge in [-0.15, -0.1) is 0 Å². The molecule has 2 rings (SSSR count). The zero-order chi connectivity index (χ0) is 13.7. The van der Waals surface area contributed by atoms with Crippen molar-refractivity contribution in [1.29, 1.82) is 0 Å². The second kappa shape index (κ2) is 6.42. The largest absolute Gasteiger partial charge is 0.463 e. The highest BCUT2D eigenvalue weighted by Crippen LogP contribution is 2.13. The summed E-state index contributed by atoms with van der Waals surface area (Å²) in [5.41, 5.74) is 0. The molecule has 0 bridgehead atoms. The van der Waals surface area contributed by atoms with Gasteiger partial charge in [0.15, 0.2) is 0 Å². The zero-order valence-corrected chi connectivity index (χ0v) is 10.9. The van der Waals surface area contributed by atoms with E-state index in [0.717, 1.165) is 26.2 Å². The molecule has 1 fully saturated rings. The molecule has 1 aromatic rings. The monoisotopic (exact) mass is 268 g/mol. The van der Waals surface area contributed by atoms with E-state index in [9.17, 15) is 9.18 Å². The summed E-state index contributed by atoms with van der Waals surface area (Å²) in [6, 6.07) is 1.76. The number of nitrogens with zero attached hydrogens (tertiary/aromatic N) is 4. The molecular weight excluding hydrogens is 251 g/mol. The third-order valence-electron chi connectivity index (χ3n) is 3.11. The Labute approximate surface area is 111 Å². The van der Waals surface area contributed by atoms with E-state index < -0.39 is 5.97 Å². The number of carbonyl (C=O) groups is 1. The van der Waals surface area contributed by atoms with Crippen LogP contribution in [0.3, 0.4) is 0 Å². The quantitative estimate of drug-likeness (QED) is 0.735. The number of ether oxygens (including phenoxy) is 1. The second-order valence-corrected chi connectivity index (χ2v) is 4.25. The summed E-state index contributed by atoms with van der Waals surface area (Å²) in [6.07, 6.45) is 1.54. The molecule has 1 aliphatic heterocycles. The van der Waals surface area contributed by atoms with E-state index in [-0.39, 0.29) is 12.5 Å². The van der Waals surface area contributed by atoms with Crippen LogP contribution in [0.25, 0.3) is 0 Å². The first-order valence-corrected chi connectivity index (χ1v) is 6.19. The van der Waals surface area contributed by atoms with Crippen LogP contribution in [-0.2, 0) is 4.74 Å². The van der Waals surface area contributed by atoms with Gasteiger partial charge in [-0.25, -0.2) is 19.2 Å². The minimum atomic E-state index is -0.544. The first kappa shape index (κ1) is 13.7. The lowest BCUT2D eigenvalue weighted by Crippen LogP contribution is -2.47. The van der Waals surface area contributed by atoms with Crippen LogP contribution in [0.5, 0.6) is 0 Å². The molecule has 0 aromatic carbocycles. The Balaban J connectivity index is 2.01. The molecule has 0 amide bonds. The van der Waals surface area contributed by atoms with Crippen LogP contribution >= 0.6 is 0 Å². The Morgan fingerprint density at radius 3 is 2.79 bits per heavy atom. The molecule has 0 saturated carbocycles. The van der Waals surface area contributed by atoms with Crippen molar-refractivity contribution in [2.24, 2.45) is 0 Å². The molecule has 104 valence electrons. The molecule has 2 heterocycles. The van der Waals surface area contributed by atoms with Crippen molar-refractivity contribution in [2.45, 2.75) is 0 Å². The van der Waals surface area contributed by atoms with Gasteiger partial charge in [0.25, 0.3) is 0 Å². The van der Waals surface area contributed by atoms with Crippen LogP contribution < -0.4 is 4.90 Å². The number of esters is 1. The fourth-order valence-corrected chi connectivity index (χ4v) is 2.04. The molecule has 0 atom stereocenters. The van der Waals surface area contributed by atoms with E-state index in [4.69, 9.17) is 0 Å². The molecule has 1 aliphatic rings. The third kappa shape index (κ3) is 3.37. The normalized spacial score (nSPS) is 16.4. The Morgan fingerprint density at radius 2 is 2.16 bits per heavy atom. The lowest BCUT2D eigenvalue weighted by molar-refractivity contribution is 0.0586. The number of methoxy groups -OCH3 is 1. The maximum absolute atomic E-state index is 12.3. The number of hydrogen-bond donors (Lipinski definition) is 0. The van der Waals surface area contributed by atoms with E-state index in [1.165, 1.54) is 7.11 Å². The maximum Gasteiger partial charge on any atom is 0.376 e. The van der Waals surface area contributed by atoms with Gasteiger partial charge in [0.1, 0.15) is 12.5 Å². The van der Waals surface area contributed by atoms with Crippen LogP contribution in [0.15, 0.2) is 12.3 Å². The topological polar surface area (TPSA) is 58.6 Å². The van der Waals surface area contributed by atoms with Gasteiger partial charge < -0.3 is 9.64 Å². The fourth-order valence-electron chi connectivity index (χ4n) is 2.04. The number of halogens is 1. The van der Waals surface area contributed by atoms with Crippen LogP contribution in [0, 0.1) is 0 Å². The molecule has 19 heavy (non-hydrogen) atoms. The second-order valence-electron chi connectivity index (χ2n) is 4.25. The molecular formula is C12H17FN4O2. The highest BCUT2D eigenvalue weighted by molar-refractivity contribution is 5.85. The SMILES string of the molecule is COC(=O)c1nccc(N2CCN(CCF)CC2)n1. The third-order valence-corrected chi connectivity index (χ3v) is 3.11. The van der Waals surface area contributed by atoms with Gasteiger partial charge in [0.2, 0.25) is 5.82 Å². The van der Waals surface area contributed by atoms with Crippen LogP contribution in [0.2, 0.25) is 0 Å². The smallest absolute Gasteiger partial charge is 0.376 e. The number of piperazine rings is 1. The van der Waals surface area contributed by atoms with Crippen LogP contribution in [0.4, 0.5) is 10.2 Å². The molecule has 0 unspecified atom stereocenters. The van der Waals surface area contributed by atoms with Gasteiger partial charge in [0.05, 0.1) is 7.11 Å². The van der Waals surface area contributed by atoms with Gasteiger partial charge in [-0.05, 0) is 6.07 Å². The van der Waals surface area contributed by atoms with Gasteiger partial charge >= 0.3 is 5.97 Å². The van der Waals surface area contributed by atoms with Gasteiger partial charge in [-0.3, -0.25) is 4.90 Å². The van der Waals surface area contributed by atoms with E-state index in [1.54, 1.807) is 12.3 Å². The molecule has 6 nitrogen and oxygen atoms in total. The number of carbonyl (C=O) groups excluding carboxylic acids is 1. The van der Waals surface area contributed by atoms with Crippen molar-refractivity contribution < 1.29 is 13.9 Å². The van der Waals surface area contributed by atoms with E-state index in [2.05, 4.69) is 24.5 Å². The molecule has 0 spiro atoms. The standard InChI is InChI=1S/C12H17FN4O2/c1-19-12(18)11-14-4-2-10(15-11)17-8-6-16(5-3-13)7-9-17/h2,4H,3,5-9H2,1H3. The van der Waals surface area contributed by atoms with E-state index >= 15 is 0 Å². The Bertz CT molecular complexity index is 435. The van der Waals surface area contributed by atoms with Crippen molar-refractivity contribution in [3.63, 3.8) is 0 Å². The van der Waals surface area contributed by atoms with Crippen molar-refractivity contribution in [3.8, 4) is 0 Å². The maximum atomic E-state index is 12.3. The number of anilines is 1. The lowest BCUT2D eigenvalue weighted by Gasteiger charge is -2.34. The van der Waals surface area contributed by atoms with Crippen LogP contribution in [0.1, 0.15) is 10.6 Å². The average Bonchev–Trinajstić information content (AvgIpc) is 2.48. The molecule has 1 saturated heterocycles. The Hall–Kier alpha value is -1.76. The minimum Gasteiger partial charge on any atom is -0.463 e. The highest BCUT2D eigenvalue weighted by atomic mass is 19.1. The van der Waals surface area contributed by atoms with Crippen molar-refractivity contribution in [3.05, 3.63) is 18.1 Å². The fraction of sp³-hybridized carbons (Fsp3) is 0.583. The minimum absolute atomic E-state index is 0.0613. The van der Waals surface area contributed by atoms with Crippen molar-refractivity contribution in [2.75, 3.05) is 51.4 Å². The molecule has 7 heteroatoms. The lowest BCUT2D eigenvalue weighted by atomic mass is 10.3. The summed E-state index contributed by atoms with van der Waals surface area (Å²) in [6.45, 7) is 3.27.